The number of methoxy groups -OCH3 is 2. The lowest BCUT2D eigenvalue weighted by Gasteiger charge is -2.27. The highest BCUT2D eigenvalue weighted by Crippen LogP contribution is 2.26. The number of ether oxygens (including phenoxy) is 2. The van der Waals surface area contributed by atoms with E-state index in [1.807, 2.05) is 14.2 Å². The first-order valence-electron chi connectivity index (χ1n) is 9.13. The van der Waals surface area contributed by atoms with Crippen LogP contribution in [0.2, 0.25) is 0 Å². The van der Waals surface area contributed by atoms with E-state index in [1.165, 1.54) is 57.8 Å². The maximum atomic E-state index is 5.48. The van der Waals surface area contributed by atoms with E-state index in [0.717, 1.165) is 19.1 Å². The van der Waals surface area contributed by atoms with Crippen LogP contribution in [0, 0.1) is 17.8 Å². The van der Waals surface area contributed by atoms with Crippen LogP contribution in [0.3, 0.4) is 0 Å². The summed E-state index contributed by atoms with van der Waals surface area (Å²) in [5.41, 5.74) is 0. The number of unbranched alkanes of at least 4 members (excludes halogenated alkanes) is 5. The Hall–Kier alpha value is -0.0800. The van der Waals surface area contributed by atoms with Crippen LogP contribution in [-0.2, 0) is 9.47 Å². The van der Waals surface area contributed by atoms with Crippen molar-refractivity contribution < 1.29 is 9.47 Å². The van der Waals surface area contributed by atoms with Crippen LogP contribution in [0.1, 0.15) is 78.6 Å². The Balaban J connectivity index is 4.11. The zero-order valence-corrected chi connectivity index (χ0v) is 15.3. The zero-order valence-electron chi connectivity index (χ0n) is 15.3. The molecule has 0 fully saturated rings. The van der Waals surface area contributed by atoms with Crippen LogP contribution < -0.4 is 0 Å². The summed E-state index contributed by atoms with van der Waals surface area (Å²) < 4.78 is 10.9. The van der Waals surface area contributed by atoms with Gasteiger partial charge in [-0.05, 0) is 30.6 Å². The fraction of sp³-hybridized carbons (Fsp3) is 1.00. The van der Waals surface area contributed by atoms with Crippen molar-refractivity contribution in [3.63, 3.8) is 0 Å². The maximum Gasteiger partial charge on any atom is 0.0494 e. The molecule has 0 rings (SSSR count). The van der Waals surface area contributed by atoms with Crippen LogP contribution in [0.15, 0.2) is 0 Å². The number of hydrogen-bond acceptors (Lipinski definition) is 2. The predicted octanol–water partition coefficient (Wildman–Crippen LogP) is 5.70. The molecule has 0 radical (unpaired) electrons. The average Bonchev–Trinajstić information content (AvgIpc) is 2.46. The van der Waals surface area contributed by atoms with Crippen molar-refractivity contribution in [1.82, 2.24) is 0 Å². The van der Waals surface area contributed by atoms with Crippen molar-refractivity contribution in [3.05, 3.63) is 0 Å². The fourth-order valence-corrected chi connectivity index (χ4v) is 3.07. The van der Waals surface area contributed by atoms with Gasteiger partial charge in [0.1, 0.15) is 0 Å². The molecular weight excluding hydrogens is 260 g/mol. The second-order valence-corrected chi connectivity index (χ2v) is 6.96. The van der Waals surface area contributed by atoms with Gasteiger partial charge < -0.3 is 9.47 Å². The summed E-state index contributed by atoms with van der Waals surface area (Å²) >= 11 is 0. The van der Waals surface area contributed by atoms with Gasteiger partial charge in [-0.3, -0.25) is 0 Å². The number of rotatable bonds is 15. The van der Waals surface area contributed by atoms with Gasteiger partial charge in [0, 0.05) is 27.4 Å². The van der Waals surface area contributed by atoms with Gasteiger partial charge in [0.2, 0.25) is 0 Å². The number of hydrogen-bond donors (Lipinski definition) is 0. The molecule has 2 nitrogen and oxygen atoms in total. The van der Waals surface area contributed by atoms with Crippen LogP contribution in [-0.4, -0.2) is 27.4 Å². The second-order valence-electron chi connectivity index (χ2n) is 6.96. The minimum absolute atomic E-state index is 0.660. The highest BCUT2D eigenvalue weighted by Gasteiger charge is 2.21. The third-order valence-electron chi connectivity index (χ3n) is 4.47. The molecule has 0 aliphatic carbocycles. The minimum atomic E-state index is 0.660. The van der Waals surface area contributed by atoms with Crippen molar-refractivity contribution in [2.75, 3.05) is 27.4 Å². The standard InChI is InChI=1S/C19H40O2/c1-6-7-8-9-10-11-12-18(15-20-4)19(16-21-5)14-13-17(2)3/h17-19H,6-16H2,1-5H3. The lowest BCUT2D eigenvalue weighted by Crippen LogP contribution is -2.24. The molecule has 0 heterocycles. The van der Waals surface area contributed by atoms with Gasteiger partial charge in [-0.25, -0.2) is 0 Å². The van der Waals surface area contributed by atoms with E-state index in [2.05, 4.69) is 20.8 Å². The van der Waals surface area contributed by atoms with E-state index in [9.17, 15) is 0 Å². The van der Waals surface area contributed by atoms with Gasteiger partial charge >= 0.3 is 0 Å². The molecule has 2 unspecified atom stereocenters. The quantitative estimate of drug-likeness (QED) is 0.361. The molecule has 21 heavy (non-hydrogen) atoms. The molecule has 0 aromatic heterocycles. The topological polar surface area (TPSA) is 18.5 Å². The van der Waals surface area contributed by atoms with Gasteiger partial charge in [0.15, 0.2) is 0 Å². The van der Waals surface area contributed by atoms with Crippen LogP contribution in [0.5, 0.6) is 0 Å². The molecular formula is C19H40O2. The van der Waals surface area contributed by atoms with E-state index in [1.54, 1.807) is 0 Å². The Morgan fingerprint density at radius 2 is 1.19 bits per heavy atom. The van der Waals surface area contributed by atoms with E-state index >= 15 is 0 Å². The van der Waals surface area contributed by atoms with Gasteiger partial charge in [-0.15, -0.1) is 0 Å². The summed E-state index contributed by atoms with van der Waals surface area (Å²) in [6.07, 6.45) is 12.1. The Morgan fingerprint density at radius 3 is 1.71 bits per heavy atom. The molecule has 0 amide bonds. The first-order chi connectivity index (χ1) is 10.2. The lowest BCUT2D eigenvalue weighted by atomic mass is 9.84. The Bertz CT molecular complexity index is 204. The van der Waals surface area contributed by atoms with E-state index < -0.39 is 0 Å². The van der Waals surface area contributed by atoms with Crippen molar-refractivity contribution in [1.29, 1.82) is 0 Å². The average molecular weight is 301 g/mol. The molecule has 0 bridgehead atoms. The molecule has 0 aromatic carbocycles. The summed E-state index contributed by atoms with van der Waals surface area (Å²) in [4.78, 5) is 0. The van der Waals surface area contributed by atoms with Crippen LogP contribution >= 0.6 is 0 Å². The highest BCUT2D eigenvalue weighted by molar-refractivity contribution is 4.71. The zero-order chi connectivity index (χ0) is 15.9. The highest BCUT2D eigenvalue weighted by atomic mass is 16.5. The lowest BCUT2D eigenvalue weighted by molar-refractivity contribution is 0.0580. The van der Waals surface area contributed by atoms with Crippen molar-refractivity contribution in [2.24, 2.45) is 17.8 Å². The molecule has 0 aliphatic heterocycles. The van der Waals surface area contributed by atoms with E-state index in [-0.39, 0.29) is 0 Å². The van der Waals surface area contributed by atoms with E-state index in [0.29, 0.717) is 11.8 Å². The molecule has 2 heteroatoms. The SMILES string of the molecule is CCCCCCCCC(COC)C(CCC(C)C)COC. The van der Waals surface area contributed by atoms with Crippen molar-refractivity contribution >= 4 is 0 Å². The molecule has 0 spiro atoms. The molecule has 0 saturated carbocycles. The molecule has 128 valence electrons. The first-order valence-corrected chi connectivity index (χ1v) is 9.13. The van der Waals surface area contributed by atoms with Crippen LogP contribution in [0.25, 0.3) is 0 Å². The molecule has 0 aliphatic rings. The van der Waals surface area contributed by atoms with Gasteiger partial charge in [-0.2, -0.15) is 0 Å². The smallest absolute Gasteiger partial charge is 0.0494 e. The van der Waals surface area contributed by atoms with Gasteiger partial charge in [0.25, 0.3) is 0 Å². The summed E-state index contributed by atoms with van der Waals surface area (Å²) in [5.74, 6) is 2.11. The monoisotopic (exact) mass is 300 g/mol. The summed E-state index contributed by atoms with van der Waals surface area (Å²) in [6.45, 7) is 8.67. The molecule has 2 atom stereocenters. The van der Waals surface area contributed by atoms with Gasteiger partial charge in [-0.1, -0.05) is 65.7 Å². The third-order valence-corrected chi connectivity index (χ3v) is 4.47. The molecule has 0 saturated heterocycles. The van der Waals surface area contributed by atoms with Crippen molar-refractivity contribution in [2.45, 2.75) is 78.6 Å². The third kappa shape index (κ3) is 12.2. The largest absolute Gasteiger partial charge is 0.384 e. The van der Waals surface area contributed by atoms with Crippen molar-refractivity contribution in [3.8, 4) is 0 Å². The maximum absolute atomic E-state index is 5.48. The Labute approximate surface area is 134 Å². The Morgan fingerprint density at radius 1 is 0.667 bits per heavy atom. The normalized spacial score (nSPS) is 14.6. The summed E-state index contributed by atoms with van der Waals surface area (Å²) in [6, 6.07) is 0. The fourth-order valence-electron chi connectivity index (χ4n) is 3.07. The summed E-state index contributed by atoms with van der Waals surface area (Å²) in [5, 5.41) is 0. The second kappa shape index (κ2) is 14.8. The minimum Gasteiger partial charge on any atom is -0.384 e. The Kier molecular flexibility index (Phi) is 14.8. The summed E-state index contributed by atoms with van der Waals surface area (Å²) in [7, 11) is 3.66. The molecule has 0 aromatic rings. The first kappa shape index (κ1) is 20.9. The molecule has 0 N–H and O–H groups in total. The van der Waals surface area contributed by atoms with E-state index in [4.69, 9.17) is 9.47 Å². The predicted molar refractivity (Wildman–Crippen MR) is 92.8 cm³/mol. The van der Waals surface area contributed by atoms with Crippen LogP contribution in [0.4, 0.5) is 0 Å². The van der Waals surface area contributed by atoms with Gasteiger partial charge in [0.05, 0.1) is 0 Å².